The maximum Gasteiger partial charge on any atom is 0.261 e. The number of hydrogen-bond acceptors (Lipinski definition) is 3. The molecule has 2 N–H and O–H groups in total. The van der Waals surface area contributed by atoms with Crippen LogP contribution in [-0.2, 0) is 6.42 Å². The van der Waals surface area contributed by atoms with Crippen LogP contribution in [0, 0.1) is 11.2 Å². The van der Waals surface area contributed by atoms with Gasteiger partial charge in [-0.2, -0.15) is 0 Å². The Morgan fingerprint density at radius 3 is 2.62 bits per heavy atom. The first-order valence-electron chi connectivity index (χ1n) is 7.62. The summed E-state index contributed by atoms with van der Waals surface area (Å²) < 4.78 is 13.6. The molecule has 1 heterocycles. The van der Waals surface area contributed by atoms with Crippen LogP contribution in [0.3, 0.4) is 0 Å². The molecular weight excluding hydrogens is 311 g/mol. The van der Waals surface area contributed by atoms with E-state index in [0.29, 0.717) is 24.1 Å². The number of rotatable bonds is 2. The number of H-pyrrole nitrogens is 1. The second-order valence-corrected chi connectivity index (χ2v) is 6.78. The van der Waals surface area contributed by atoms with Gasteiger partial charge in [0.2, 0.25) is 0 Å². The van der Waals surface area contributed by atoms with Crippen LogP contribution in [0.15, 0.2) is 35.1 Å². The summed E-state index contributed by atoms with van der Waals surface area (Å²) in [5.74, 6) is -1.46. The van der Waals surface area contributed by atoms with Crippen molar-refractivity contribution >= 4 is 17.4 Å². The zero-order valence-corrected chi connectivity index (χ0v) is 13.4. The number of benzene rings is 1. The number of pyridine rings is 1. The molecule has 0 radical (unpaired) electrons. The molecule has 0 aliphatic heterocycles. The first-order chi connectivity index (χ1) is 11.3. The number of halogens is 1. The molecule has 0 unspecified atom stereocenters. The molecule has 124 valence electrons. The molecule has 24 heavy (non-hydrogen) atoms. The Kier molecular flexibility index (Phi) is 3.83. The zero-order chi connectivity index (χ0) is 17.5. The van der Waals surface area contributed by atoms with Gasteiger partial charge in [-0.15, -0.1) is 0 Å². The number of carbonyl (C=O) groups excluding carboxylic acids is 2. The van der Waals surface area contributed by atoms with E-state index in [1.165, 1.54) is 24.3 Å². The van der Waals surface area contributed by atoms with E-state index in [4.69, 9.17) is 0 Å². The second kappa shape index (κ2) is 5.70. The first-order valence-corrected chi connectivity index (χ1v) is 7.62. The fraction of sp³-hybridized carbons (Fsp3) is 0.278. The molecule has 2 aromatic rings. The minimum atomic E-state index is -0.748. The predicted octanol–water partition coefficient (Wildman–Crippen LogP) is 2.92. The topological polar surface area (TPSA) is 79.0 Å². The Labute approximate surface area is 137 Å². The third kappa shape index (κ3) is 2.99. The van der Waals surface area contributed by atoms with Gasteiger partial charge < -0.3 is 10.3 Å². The van der Waals surface area contributed by atoms with Gasteiger partial charge in [0, 0.05) is 17.7 Å². The molecule has 0 bridgehead atoms. The molecule has 0 atom stereocenters. The highest BCUT2D eigenvalue weighted by atomic mass is 19.1. The number of aromatic amines is 1. The van der Waals surface area contributed by atoms with E-state index in [1.54, 1.807) is 6.07 Å². The van der Waals surface area contributed by atoms with Crippen molar-refractivity contribution in [3.8, 4) is 0 Å². The van der Waals surface area contributed by atoms with Gasteiger partial charge in [0.15, 0.2) is 5.78 Å². The Morgan fingerprint density at radius 1 is 1.21 bits per heavy atom. The van der Waals surface area contributed by atoms with Gasteiger partial charge in [0.05, 0.1) is 5.69 Å². The standard InChI is InChI=1S/C18H17FN2O3/c1-18(2)8-14-10(15(22)9-18)7-11(17(24)21-14)16(23)20-13-6-4-3-5-12(13)19/h3-7H,8-9H2,1-2H3,(H,20,23)(H,21,24). The van der Waals surface area contributed by atoms with Gasteiger partial charge in [-0.25, -0.2) is 4.39 Å². The van der Waals surface area contributed by atoms with Crippen LogP contribution in [0.5, 0.6) is 0 Å². The third-order valence-corrected chi connectivity index (χ3v) is 4.08. The minimum Gasteiger partial charge on any atom is -0.325 e. The van der Waals surface area contributed by atoms with Crippen LogP contribution < -0.4 is 10.9 Å². The molecule has 0 fully saturated rings. The van der Waals surface area contributed by atoms with Crippen LogP contribution in [0.4, 0.5) is 10.1 Å². The van der Waals surface area contributed by atoms with E-state index in [9.17, 15) is 18.8 Å². The maximum absolute atomic E-state index is 13.6. The van der Waals surface area contributed by atoms with Gasteiger partial charge in [-0.3, -0.25) is 14.4 Å². The average Bonchev–Trinajstić information content (AvgIpc) is 2.47. The van der Waals surface area contributed by atoms with E-state index >= 15 is 0 Å². The van der Waals surface area contributed by atoms with Crippen LogP contribution >= 0.6 is 0 Å². The largest absolute Gasteiger partial charge is 0.325 e. The van der Waals surface area contributed by atoms with Crippen molar-refractivity contribution in [2.45, 2.75) is 26.7 Å². The van der Waals surface area contributed by atoms with Crippen molar-refractivity contribution in [3.63, 3.8) is 0 Å². The van der Waals surface area contributed by atoms with Crippen LogP contribution in [-0.4, -0.2) is 16.7 Å². The number of amides is 1. The number of hydrogen-bond donors (Lipinski definition) is 2. The fourth-order valence-electron chi connectivity index (χ4n) is 2.95. The first kappa shape index (κ1) is 16.1. The quantitative estimate of drug-likeness (QED) is 0.889. The molecule has 1 aromatic carbocycles. The number of aromatic nitrogens is 1. The highest BCUT2D eigenvalue weighted by molar-refractivity contribution is 6.06. The molecule has 1 aromatic heterocycles. The molecule has 0 saturated heterocycles. The lowest BCUT2D eigenvalue weighted by Crippen LogP contribution is -2.32. The van der Waals surface area contributed by atoms with Gasteiger partial charge in [0.25, 0.3) is 11.5 Å². The van der Waals surface area contributed by atoms with E-state index in [2.05, 4.69) is 10.3 Å². The van der Waals surface area contributed by atoms with Crippen molar-refractivity contribution in [2.24, 2.45) is 5.41 Å². The summed E-state index contributed by atoms with van der Waals surface area (Å²) in [6.07, 6.45) is 0.902. The van der Waals surface area contributed by atoms with Crippen LogP contribution in [0.2, 0.25) is 0 Å². The summed E-state index contributed by atoms with van der Waals surface area (Å²) in [5, 5.41) is 2.36. The Bertz CT molecular complexity index is 899. The van der Waals surface area contributed by atoms with E-state index in [0.717, 1.165) is 0 Å². The molecule has 1 amide bonds. The van der Waals surface area contributed by atoms with Crippen molar-refractivity contribution in [3.05, 3.63) is 63.3 Å². The summed E-state index contributed by atoms with van der Waals surface area (Å²) >= 11 is 0. The van der Waals surface area contributed by atoms with Crippen molar-refractivity contribution < 1.29 is 14.0 Å². The summed E-state index contributed by atoms with van der Waals surface area (Å²) in [6.45, 7) is 3.90. The third-order valence-electron chi connectivity index (χ3n) is 4.08. The van der Waals surface area contributed by atoms with Gasteiger partial charge >= 0.3 is 0 Å². The lowest BCUT2D eigenvalue weighted by molar-refractivity contribution is 0.0910. The number of carbonyl (C=O) groups is 2. The van der Waals surface area contributed by atoms with Gasteiger partial charge in [-0.1, -0.05) is 26.0 Å². The van der Waals surface area contributed by atoms with Crippen molar-refractivity contribution in [2.75, 3.05) is 5.32 Å². The number of fused-ring (bicyclic) bond motifs is 1. The monoisotopic (exact) mass is 328 g/mol. The van der Waals surface area contributed by atoms with Gasteiger partial charge in [0.1, 0.15) is 11.4 Å². The Morgan fingerprint density at radius 2 is 1.92 bits per heavy atom. The van der Waals surface area contributed by atoms with E-state index in [1.807, 2.05) is 13.8 Å². The fourth-order valence-corrected chi connectivity index (χ4v) is 2.95. The second-order valence-electron chi connectivity index (χ2n) is 6.78. The molecule has 1 aliphatic rings. The Balaban J connectivity index is 1.97. The lowest BCUT2D eigenvalue weighted by atomic mass is 9.75. The normalized spacial score (nSPS) is 15.7. The van der Waals surface area contributed by atoms with E-state index in [-0.39, 0.29) is 22.4 Å². The molecular formula is C18H17FN2O3. The van der Waals surface area contributed by atoms with E-state index < -0.39 is 17.3 Å². The smallest absolute Gasteiger partial charge is 0.261 e. The van der Waals surface area contributed by atoms with Crippen molar-refractivity contribution in [1.29, 1.82) is 0 Å². The number of anilines is 1. The Hall–Kier alpha value is -2.76. The highest BCUT2D eigenvalue weighted by Crippen LogP contribution is 2.33. The SMILES string of the molecule is CC1(C)CC(=O)c2cc(C(=O)Nc3ccccc3F)c(=O)[nH]c2C1. The number of para-hydroxylation sites is 1. The number of Topliss-reactive ketones (excluding diaryl/α,β-unsaturated/α-hetero) is 1. The van der Waals surface area contributed by atoms with Crippen LogP contribution in [0.25, 0.3) is 0 Å². The number of ketones is 1. The maximum atomic E-state index is 13.6. The molecule has 3 rings (SSSR count). The minimum absolute atomic E-state index is 0.0212. The summed E-state index contributed by atoms with van der Waals surface area (Å²) in [5.41, 5.74) is -0.147. The summed E-state index contributed by atoms with van der Waals surface area (Å²) in [7, 11) is 0. The zero-order valence-electron chi connectivity index (χ0n) is 13.4. The highest BCUT2D eigenvalue weighted by Gasteiger charge is 2.32. The summed E-state index contributed by atoms with van der Waals surface area (Å²) in [4.78, 5) is 39.4. The molecule has 1 aliphatic carbocycles. The molecule has 6 heteroatoms. The molecule has 0 spiro atoms. The van der Waals surface area contributed by atoms with Crippen LogP contribution in [0.1, 0.15) is 46.7 Å². The summed E-state index contributed by atoms with van der Waals surface area (Å²) in [6, 6.07) is 6.98. The van der Waals surface area contributed by atoms with Crippen molar-refractivity contribution in [1.82, 2.24) is 4.98 Å². The molecule has 0 saturated carbocycles. The average molecular weight is 328 g/mol. The predicted molar refractivity (Wildman–Crippen MR) is 87.8 cm³/mol. The lowest BCUT2D eigenvalue weighted by Gasteiger charge is -2.29. The molecule has 5 nitrogen and oxygen atoms in total. The van der Waals surface area contributed by atoms with Gasteiger partial charge in [-0.05, 0) is 30.0 Å². The number of nitrogens with one attached hydrogen (secondary N) is 2.